The van der Waals surface area contributed by atoms with E-state index in [0.717, 1.165) is 24.0 Å². The Kier molecular flexibility index (Phi) is 4.18. The fourth-order valence-corrected chi connectivity index (χ4v) is 3.67. The summed E-state index contributed by atoms with van der Waals surface area (Å²) >= 11 is 0. The first kappa shape index (κ1) is 16.7. The van der Waals surface area contributed by atoms with E-state index in [1.165, 1.54) is 12.1 Å². The monoisotopic (exact) mass is 348 g/mol. The molecule has 2 heterocycles. The molecule has 1 aromatic heterocycles. The van der Waals surface area contributed by atoms with Crippen LogP contribution < -0.4 is 5.14 Å². The number of hydrogen-bond acceptors (Lipinski definition) is 4. The van der Waals surface area contributed by atoms with Gasteiger partial charge < -0.3 is 4.90 Å². The third kappa shape index (κ3) is 3.07. The van der Waals surface area contributed by atoms with Gasteiger partial charge in [0.05, 0.1) is 17.1 Å². The number of nitrogens with two attached hydrogens (primary N) is 1. The first-order valence-electron chi connectivity index (χ1n) is 7.70. The molecule has 0 bridgehead atoms. The standard InChI is InChI=1S/C16H20N4O3S/c1-11-5-6-13(24(17,22)23)8-14(11)16(21)20-7-3-4-15(20)12-9-18-19(2)10-12/h5-6,8-10,15H,3-4,7H2,1-2H3,(H2,17,22,23)/t15-/m1/s1. The fraction of sp³-hybridized carbons (Fsp3) is 0.375. The van der Waals surface area contributed by atoms with E-state index in [0.29, 0.717) is 12.1 Å². The van der Waals surface area contributed by atoms with Gasteiger partial charge in [0, 0.05) is 30.9 Å². The van der Waals surface area contributed by atoms with Gasteiger partial charge in [0.15, 0.2) is 0 Å². The van der Waals surface area contributed by atoms with E-state index in [1.54, 1.807) is 28.8 Å². The molecule has 3 rings (SSSR count). The van der Waals surface area contributed by atoms with Gasteiger partial charge in [-0.15, -0.1) is 0 Å². The Bertz CT molecular complexity index is 888. The minimum Gasteiger partial charge on any atom is -0.331 e. The molecule has 0 saturated carbocycles. The van der Waals surface area contributed by atoms with Gasteiger partial charge >= 0.3 is 0 Å². The number of rotatable bonds is 3. The second-order valence-electron chi connectivity index (χ2n) is 6.13. The summed E-state index contributed by atoms with van der Waals surface area (Å²) in [7, 11) is -2.01. The van der Waals surface area contributed by atoms with Gasteiger partial charge in [0.1, 0.15) is 0 Å². The van der Waals surface area contributed by atoms with Crippen LogP contribution >= 0.6 is 0 Å². The highest BCUT2D eigenvalue weighted by molar-refractivity contribution is 7.89. The van der Waals surface area contributed by atoms with Crippen LogP contribution in [0.15, 0.2) is 35.5 Å². The van der Waals surface area contributed by atoms with Gasteiger partial charge in [-0.1, -0.05) is 6.07 Å². The first-order valence-corrected chi connectivity index (χ1v) is 9.25. The molecule has 24 heavy (non-hydrogen) atoms. The van der Waals surface area contributed by atoms with Gasteiger partial charge in [0.2, 0.25) is 10.0 Å². The van der Waals surface area contributed by atoms with Crippen molar-refractivity contribution in [3.8, 4) is 0 Å². The molecule has 7 nitrogen and oxygen atoms in total. The lowest BCUT2D eigenvalue weighted by Crippen LogP contribution is -2.31. The van der Waals surface area contributed by atoms with E-state index in [-0.39, 0.29) is 16.8 Å². The average molecular weight is 348 g/mol. The molecule has 128 valence electrons. The van der Waals surface area contributed by atoms with Gasteiger partial charge in [0.25, 0.3) is 5.91 Å². The predicted octanol–water partition coefficient (Wildman–Crippen LogP) is 1.35. The Morgan fingerprint density at radius 2 is 2.12 bits per heavy atom. The van der Waals surface area contributed by atoms with Crippen LogP contribution in [0, 0.1) is 6.92 Å². The van der Waals surface area contributed by atoms with Crippen LogP contribution in [0.1, 0.15) is 40.4 Å². The summed E-state index contributed by atoms with van der Waals surface area (Å²) in [6, 6.07) is 4.36. The Morgan fingerprint density at radius 3 is 2.75 bits per heavy atom. The number of nitrogens with zero attached hydrogens (tertiary/aromatic N) is 3. The van der Waals surface area contributed by atoms with Crippen molar-refractivity contribution in [3.05, 3.63) is 47.3 Å². The molecule has 0 spiro atoms. The van der Waals surface area contributed by atoms with Crippen LogP contribution in [0.2, 0.25) is 0 Å². The number of sulfonamides is 1. The number of hydrogen-bond donors (Lipinski definition) is 1. The summed E-state index contributed by atoms with van der Waals surface area (Å²) in [6.07, 6.45) is 5.44. The van der Waals surface area contributed by atoms with Gasteiger partial charge in [-0.2, -0.15) is 5.10 Å². The summed E-state index contributed by atoms with van der Waals surface area (Å²) in [5, 5.41) is 9.36. The van der Waals surface area contributed by atoms with Crippen LogP contribution in [0.4, 0.5) is 0 Å². The third-order valence-corrected chi connectivity index (χ3v) is 5.30. The van der Waals surface area contributed by atoms with Crippen molar-refractivity contribution in [2.24, 2.45) is 12.2 Å². The van der Waals surface area contributed by atoms with Crippen LogP contribution in [0.3, 0.4) is 0 Å². The molecule has 1 aliphatic heterocycles. The van der Waals surface area contributed by atoms with E-state index < -0.39 is 10.0 Å². The van der Waals surface area contributed by atoms with E-state index in [4.69, 9.17) is 5.14 Å². The minimum atomic E-state index is -3.85. The smallest absolute Gasteiger partial charge is 0.254 e. The van der Waals surface area contributed by atoms with Crippen LogP contribution in [-0.4, -0.2) is 35.6 Å². The molecule has 1 amide bonds. The quantitative estimate of drug-likeness (QED) is 0.905. The Hall–Kier alpha value is -2.19. The lowest BCUT2D eigenvalue weighted by molar-refractivity contribution is 0.0734. The summed E-state index contributed by atoms with van der Waals surface area (Å²) in [6.45, 7) is 2.42. The zero-order chi connectivity index (χ0) is 17.5. The van der Waals surface area contributed by atoms with Gasteiger partial charge in [-0.3, -0.25) is 9.48 Å². The average Bonchev–Trinajstić information content (AvgIpc) is 3.14. The molecule has 0 radical (unpaired) electrons. The zero-order valence-electron chi connectivity index (χ0n) is 13.6. The molecule has 1 saturated heterocycles. The lowest BCUT2D eigenvalue weighted by Gasteiger charge is -2.25. The number of carbonyl (C=O) groups is 1. The van der Waals surface area contributed by atoms with E-state index in [2.05, 4.69) is 5.10 Å². The highest BCUT2D eigenvalue weighted by atomic mass is 32.2. The van der Waals surface area contributed by atoms with Crippen molar-refractivity contribution >= 4 is 15.9 Å². The molecule has 1 fully saturated rings. The van der Waals surface area contributed by atoms with Crippen molar-refractivity contribution in [1.82, 2.24) is 14.7 Å². The predicted molar refractivity (Wildman–Crippen MR) is 88.8 cm³/mol. The minimum absolute atomic E-state index is 0.0382. The zero-order valence-corrected chi connectivity index (χ0v) is 14.5. The number of likely N-dealkylation sites (tertiary alicyclic amines) is 1. The molecule has 1 atom stereocenters. The summed E-state index contributed by atoms with van der Waals surface area (Å²) in [4.78, 5) is 14.7. The van der Waals surface area contributed by atoms with Crippen molar-refractivity contribution in [1.29, 1.82) is 0 Å². The summed E-state index contributed by atoms with van der Waals surface area (Å²) in [5.74, 6) is -0.177. The van der Waals surface area contributed by atoms with Crippen LogP contribution in [0.25, 0.3) is 0 Å². The topological polar surface area (TPSA) is 98.3 Å². The number of aromatic nitrogens is 2. The van der Waals surface area contributed by atoms with Crippen LogP contribution in [0.5, 0.6) is 0 Å². The third-order valence-electron chi connectivity index (χ3n) is 4.39. The Balaban J connectivity index is 1.96. The van der Waals surface area contributed by atoms with Crippen molar-refractivity contribution in [2.45, 2.75) is 30.7 Å². The highest BCUT2D eigenvalue weighted by Crippen LogP contribution is 2.33. The number of benzene rings is 1. The molecule has 2 N–H and O–H groups in total. The maximum Gasteiger partial charge on any atom is 0.254 e. The molecule has 0 aliphatic carbocycles. The maximum absolute atomic E-state index is 13.0. The maximum atomic E-state index is 13.0. The Labute approximate surface area is 141 Å². The van der Waals surface area contributed by atoms with Gasteiger partial charge in [-0.25, -0.2) is 13.6 Å². The molecule has 1 aliphatic rings. The van der Waals surface area contributed by atoms with Crippen molar-refractivity contribution < 1.29 is 13.2 Å². The molecule has 8 heteroatoms. The second-order valence-corrected chi connectivity index (χ2v) is 7.69. The molecular weight excluding hydrogens is 328 g/mol. The number of primary sulfonamides is 1. The molecular formula is C16H20N4O3S. The SMILES string of the molecule is Cc1ccc(S(N)(=O)=O)cc1C(=O)N1CCC[C@@H]1c1cnn(C)c1. The second kappa shape index (κ2) is 6.03. The summed E-state index contributed by atoms with van der Waals surface area (Å²) < 4.78 is 24.9. The lowest BCUT2D eigenvalue weighted by atomic mass is 10.1. The molecule has 0 unspecified atom stereocenters. The molecule has 2 aromatic rings. The fourth-order valence-electron chi connectivity index (χ4n) is 3.13. The van der Waals surface area contributed by atoms with Crippen molar-refractivity contribution in [3.63, 3.8) is 0 Å². The number of amides is 1. The molecule has 1 aromatic carbocycles. The number of aryl methyl sites for hydroxylation is 2. The van der Waals surface area contributed by atoms with E-state index in [1.807, 2.05) is 13.2 Å². The Morgan fingerprint density at radius 1 is 1.38 bits per heavy atom. The van der Waals surface area contributed by atoms with Crippen molar-refractivity contribution in [2.75, 3.05) is 6.54 Å². The van der Waals surface area contributed by atoms with Crippen LogP contribution in [-0.2, 0) is 17.1 Å². The largest absolute Gasteiger partial charge is 0.331 e. The first-order chi connectivity index (χ1) is 11.3. The van der Waals surface area contributed by atoms with Gasteiger partial charge in [-0.05, 0) is 37.5 Å². The van der Waals surface area contributed by atoms with E-state index >= 15 is 0 Å². The normalized spacial score (nSPS) is 18.1. The van der Waals surface area contributed by atoms with E-state index in [9.17, 15) is 13.2 Å². The number of carbonyl (C=O) groups excluding carboxylic acids is 1. The highest BCUT2D eigenvalue weighted by Gasteiger charge is 2.32. The summed E-state index contributed by atoms with van der Waals surface area (Å²) in [5.41, 5.74) is 2.09.